The molecule has 0 atom stereocenters. The maximum Gasteiger partial charge on any atom is 0.225 e. The quantitative estimate of drug-likeness (QED) is 0.550. The number of nitrogens with one attached hydrogen (secondary N) is 2. The molecular weight excluding hydrogens is 402 g/mol. The normalized spacial score (nSPS) is 14.3. The molecule has 27 heavy (non-hydrogen) atoms. The Bertz CT molecular complexity index is 923. The van der Waals surface area contributed by atoms with Crippen molar-refractivity contribution in [1.29, 1.82) is 0 Å². The highest BCUT2D eigenvalue weighted by atomic mass is 79.9. The van der Waals surface area contributed by atoms with Crippen molar-refractivity contribution in [2.24, 2.45) is 0 Å². The number of aromatic nitrogens is 3. The molecule has 0 amide bonds. The van der Waals surface area contributed by atoms with E-state index >= 15 is 0 Å². The zero-order valence-corrected chi connectivity index (χ0v) is 16.8. The van der Waals surface area contributed by atoms with Crippen LogP contribution in [0.3, 0.4) is 0 Å². The Morgan fingerprint density at radius 2 is 1.85 bits per heavy atom. The van der Waals surface area contributed by atoms with E-state index in [0.717, 1.165) is 32.9 Å². The van der Waals surface area contributed by atoms with E-state index in [1.165, 1.54) is 25.7 Å². The van der Waals surface area contributed by atoms with Crippen molar-refractivity contribution in [3.8, 4) is 11.4 Å². The number of benzene rings is 1. The van der Waals surface area contributed by atoms with E-state index in [2.05, 4.69) is 44.5 Å². The van der Waals surface area contributed by atoms with Crippen molar-refractivity contribution in [2.75, 3.05) is 10.6 Å². The van der Waals surface area contributed by atoms with E-state index in [1.54, 1.807) is 6.20 Å². The average molecular weight is 424 g/mol. The Balaban J connectivity index is 1.68. The van der Waals surface area contributed by atoms with Gasteiger partial charge in [0.25, 0.3) is 0 Å². The maximum atomic E-state index is 4.71. The van der Waals surface area contributed by atoms with Gasteiger partial charge in [-0.15, -0.1) is 0 Å². The number of pyridine rings is 1. The Morgan fingerprint density at radius 3 is 2.59 bits per heavy atom. The van der Waals surface area contributed by atoms with Crippen molar-refractivity contribution in [3.05, 3.63) is 58.7 Å². The lowest BCUT2D eigenvalue weighted by molar-refractivity contribution is 0.744. The van der Waals surface area contributed by atoms with E-state index in [0.29, 0.717) is 12.0 Å². The number of hydrogen-bond acceptors (Lipinski definition) is 5. The largest absolute Gasteiger partial charge is 0.351 e. The fourth-order valence-electron chi connectivity index (χ4n) is 3.38. The number of rotatable bonds is 5. The van der Waals surface area contributed by atoms with Crippen LogP contribution in [0.4, 0.5) is 17.5 Å². The van der Waals surface area contributed by atoms with Gasteiger partial charge < -0.3 is 10.6 Å². The molecule has 1 aliphatic rings. The Labute approximate surface area is 167 Å². The van der Waals surface area contributed by atoms with Crippen molar-refractivity contribution >= 4 is 33.4 Å². The smallest absolute Gasteiger partial charge is 0.225 e. The standard InChI is InChI=1S/C21H22BrN5/c1-14-12-15(22)9-10-17(14)25-20-13-19(18-8-4-5-11-23-18)26-21(27-20)24-16-6-2-3-7-16/h4-5,8-13,16H,2-3,6-7H2,1H3,(H2,24,25,26,27). The summed E-state index contributed by atoms with van der Waals surface area (Å²) < 4.78 is 1.06. The summed E-state index contributed by atoms with van der Waals surface area (Å²) in [5.74, 6) is 1.42. The lowest BCUT2D eigenvalue weighted by atomic mass is 10.2. The first-order valence-electron chi connectivity index (χ1n) is 9.27. The first-order valence-corrected chi connectivity index (χ1v) is 10.1. The lowest BCUT2D eigenvalue weighted by Gasteiger charge is -2.15. The molecule has 5 nitrogen and oxygen atoms in total. The highest BCUT2D eigenvalue weighted by Gasteiger charge is 2.17. The zero-order valence-electron chi connectivity index (χ0n) is 15.2. The van der Waals surface area contributed by atoms with Crippen LogP contribution >= 0.6 is 15.9 Å². The molecule has 1 fully saturated rings. The van der Waals surface area contributed by atoms with Gasteiger partial charge in [-0.3, -0.25) is 4.98 Å². The molecular formula is C21H22BrN5. The third-order valence-electron chi connectivity index (χ3n) is 4.79. The average Bonchev–Trinajstić information content (AvgIpc) is 3.18. The van der Waals surface area contributed by atoms with Crippen molar-refractivity contribution in [3.63, 3.8) is 0 Å². The Kier molecular flexibility index (Phi) is 5.34. The minimum absolute atomic E-state index is 0.450. The number of aryl methyl sites for hydroxylation is 1. The van der Waals surface area contributed by atoms with Gasteiger partial charge in [0.05, 0.1) is 11.4 Å². The molecule has 0 aliphatic heterocycles. The minimum Gasteiger partial charge on any atom is -0.351 e. The predicted octanol–water partition coefficient (Wildman–Crippen LogP) is 5.71. The maximum absolute atomic E-state index is 4.71. The van der Waals surface area contributed by atoms with Crippen LogP contribution in [0.25, 0.3) is 11.4 Å². The molecule has 2 N–H and O–H groups in total. The fraction of sp³-hybridized carbons (Fsp3) is 0.286. The Morgan fingerprint density at radius 1 is 1.00 bits per heavy atom. The van der Waals surface area contributed by atoms with Crippen LogP contribution < -0.4 is 10.6 Å². The number of anilines is 3. The summed E-state index contributed by atoms with van der Waals surface area (Å²) in [7, 11) is 0. The van der Waals surface area contributed by atoms with Crippen LogP contribution in [0, 0.1) is 6.92 Å². The molecule has 4 rings (SSSR count). The molecule has 2 aromatic heterocycles. The van der Waals surface area contributed by atoms with Crippen LogP contribution in [-0.2, 0) is 0 Å². The highest BCUT2D eigenvalue weighted by molar-refractivity contribution is 9.10. The van der Waals surface area contributed by atoms with Gasteiger partial charge in [0.15, 0.2) is 0 Å². The first-order chi connectivity index (χ1) is 13.2. The van der Waals surface area contributed by atoms with Gasteiger partial charge >= 0.3 is 0 Å². The first kappa shape index (κ1) is 17.9. The molecule has 0 bridgehead atoms. The van der Waals surface area contributed by atoms with E-state index in [-0.39, 0.29) is 0 Å². The molecule has 0 spiro atoms. The van der Waals surface area contributed by atoms with Gasteiger partial charge in [0.1, 0.15) is 5.82 Å². The second-order valence-corrected chi connectivity index (χ2v) is 7.80. The molecule has 6 heteroatoms. The van der Waals surface area contributed by atoms with Crippen molar-refractivity contribution in [1.82, 2.24) is 15.0 Å². The third-order valence-corrected chi connectivity index (χ3v) is 5.29. The summed E-state index contributed by atoms with van der Waals surface area (Å²) in [6.45, 7) is 2.08. The molecule has 0 unspecified atom stereocenters. The number of hydrogen-bond donors (Lipinski definition) is 2. The van der Waals surface area contributed by atoms with E-state index in [4.69, 9.17) is 9.97 Å². The minimum atomic E-state index is 0.450. The molecule has 138 valence electrons. The summed E-state index contributed by atoms with van der Waals surface area (Å²) in [6, 6.07) is 14.4. The van der Waals surface area contributed by atoms with Gasteiger partial charge in [-0.1, -0.05) is 34.8 Å². The predicted molar refractivity (Wildman–Crippen MR) is 113 cm³/mol. The van der Waals surface area contributed by atoms with Crippen molar-refractivity contribution < 1.29 is 0 Å². The van der Waals surface area contributed by atoms with Gasteiger partial charge in [-0.05, 0) is 55.7 Å². The van der Waals surface area contributed by atoms with E-state index < -0.39 is 0 Å². The van der Waals surface area contributed by atoms with Crippen LogP contribution in [0.1, 0.15) is 31.2 Å². The SMILES string of the molecule is Cc1cc(Br)ccc1Nc1cc(-c2ccccn2)nc(NC2CCCC2)n1. The summed E-state index contributed by atoms with van der Waals surface area (Å²) in [4.78, 5) is 13.9. The number of halogens is 1. The molecule has 1 aromatic carbocycles. The summed E-state index contributed by atoms with van der Waals surface area (Å²) >= 11 is 3.51. The molecule has 0 radical (unpaired) electrons. The molecule has 2 heterocycles. The van der Waals surface area contributed by atoms with E-state index in [1.807, 2.05) is 36.4 Å². The van der Waals surface area contributed by atoms with Crippen LogP contribution in [-0.4, -0.2) is 21.0 Å². The second-order valence-electron chi connectivity index (χ2n) is 6.89. The lowest BCUT2D eigenvalue weighted by Crippen LogP contribution is -2.17. The highest BCUT2D eigenvalue weighted by Crippen LogP contribution is 2.27. The molecule has 3 aromatic rings. The van der Waals surface area contributed by atoms with E-state index in [9.17, 15) is 0 Å². The third kappa shape index (κ3) is 4.45. The van der Waals surface area contributed by atoms with Gasteiger partial charge in [-0.25, -0.2) is 4.98 Å². The topological polar surface area (TPSA) is 62.7 Å². The second kappa shape index (κ2) is 8.05. The summed E-state index contributed by atoms with van der Waals surface area (Å²) in [5, 5.41) is 6.94. The van der Waals surface area contributed by atoms with Crippen LogP contribution in [0.15, 0.2) is 53.1 Å². The summed E-state index contributed by atoms with van der Waals surface area (Å²) in [6.07, 6.45) is 6.66. The van der Waals surface area contributed by atoms with Gasteiger partial charge in [0.2, 0.25) is 5.95 Å². The van der Waals surface area contributed by atoms with Crippen LogP contribution in [0.2, 0.25) is 0 Å². The summed E-state index contributed by atoms with van der Waals surface area (Å²) in [5.41, 5.74) is 3.82. The molecule has 0 saturated heterocycles. The van der Waals surface area contributed by atoms with Crippen molar-refractivity contribution in [2.45, 2.75) is 38.6 Å². The fourth-order valence-corrected chi connectivity index (χ4v) is 3.85. The Hall–Kier alpha value is -2.47. The zero-order chi connectivity index (χ0) is 18.6. The van der Waals surface area contributed by atoms with Crippen LogP contribution in [0.5, 0.6) is 0 Å². The number of nitrogens with zero attached hydrogens (tertiary/aromatic N) is 3. The van der Waals surface area contributed by atoms with Gasteiger partial charge in [-0.2, -0.15) is 4.98 Å². The monoisotopic (exact) mass is 423 g/mol. The molecule has 1 saturated carbocycles. The molecule has 1 aliphatic carbocycles. The van der Waals surface area contributed by atoms with Gasteiger partial charge in [0, 0.05) is 28.5 Å².